The average molecular weight is 352 g/mol. The molecule has 1 atom stereocenters. The Hall–Kier alpha value is -2.82. The van der Waals surface area contributed by atoms with Gasteiger partial charge in [-0.25, -0.2) is 4.99 Å². The fraction of sp³-hybridized carbons (Fsp3) is 0.333. The van der Waals surface area contributed by atoms with Crippen LogP contribution in [0.4, 0.5) is 5.69 Å². The molecule has 0 aliphatic carbocycles. The number of carbonyl (C=O) groups is 1. The maximum absolute atomic E-state index is 12.2. The van der Waals surface area contributed by atoms with E-state index in [0.29, 0.717) is 18.1 Å². The third-order valence-corrected chi connectivity index (χ3v) is 4.25. The van der Waals surface area contributed by atoms with Gasteiger partial charge in [-0.1, -0.05) is 38.1 Å². The highest BCUT2D eigenvalue weighted by molar-refractivity contribution is 5.94. The van der Waals surface area contributed by atoms with Gasteiger partial charge in [0.1, 0.15) is 0 Å². The van der Waals surface area contributed by atoms with E-state index in [1.807, 2.05) is 50.2 Å². The number of nitrogens with zero attached hydrogens (tertiary/aromatic N) is 1. The highest BCUT2D eigenvalue weighted by Gasteiger charge is 2.08. The number of aryl methyl sites for hydroxylation is 1. The van der Waals surface area contributed by atoms with Gasteiger partial charge in [0.2, 0.25) is 0 Å². The van der Waals surface area contributed by atoms with E-state index in [0.717, 1.165) is 24.1 Å². The lowest BCUT2D eigenvalue weighted by Crippen LogP contribution is -2.31. The van der Waals surface area contributed by atoms with Crippen molar-refractivity contribution in [1.29, 1.82) is 0 Å². The van der Waals surface area contributed by atoms with Gasteiger partial charge < -0.3 is 16.4 Å². The first-order chi connectivity index (χ1) is 12.5. The largest absolute Gasteiger partial charge is 0.370 e. The lowest BCUT2D eigenvalue weighted by atomic mass is 10.1. The number of nitrogens with two attached hydrogens (primary N) is 1. The summed E-state index contributed by atoms with van der Waals surface area (Å²) < 4.78 is 0. The topological polar surface area (TPSA) is 79.5 Å². The molecule has 5 nitrogen and oxygen atoms in total. The molecule has 0 bridgehead atoms. The summed E-state index contributed by atoms with van der Waals surface area (Å²) in [4.78, 5) is 16.6. The number of hydrogen-bond acceptors (Lipinski definition) is 2. The van der Waals surface area contributed by atoms with Crippen molar-refractivity contribution in [3.8, 4) is 0 Å². The van der Waals surface area contributed by atoms with Gasteiger partial charge in [0, 0.05) is 17.3 Å². The molecule has 2 rings (SSSR count). The molecule has 0 aromatic heterocycles. The first-order valence-electron chi connectivity index (χ1n) is 9.07. The number of nitrogens with one attached hydrogen (secondary N) is 2. The van der Waals surface area contributed by atoms with Gasteiger partial charge in [0.05, 0.1) is 6.54 Å². The molecule has 1 unspecified atom stereocenters. The lowest BCUT2D eigenvalue weighted by molar-refractivity contribution is 0.0939. The molecule has 2 aromatic carbocycles. The normalized spacial score (nSPS) is 12.5. The van der Waals surface area contributed by atoms with E-state index < -0.39 is 0 Å². The second-order valence-electron chi connectivity index (χ2n) is 6.36. The van der Waals surface area contributed by atoms with Crippen molar-refractivity contribution >= 4 is 17.6 Å². The van der Waals surface area contributed by atoms with Crippen molar-refractivity contribution in [1.82, 2.24) is 5.32 Å². The van der Waals surface area contributed by atoms with E-state index in [2.05, 4.69) is 34.7 Å². The molecule has 0 saturated heterocycles. The van der Waals surface area contributed by atoms with Crippen molar-refractivity contribution < 1.29 is 4.79 Å². The molecule has 2 aromatic rings. The van der Waals surface area contributed by atoms with Gasteiger partial charge in [-0.05, 0) is 55.2 Å². The molecule has 26 heavy (non-hydrogen) atoms. The molecule has 0 spiro atoms. The third-order valence-electron chi connectivity index (χ3n) is 4.25. The standard InChI is InChI=1S/C21H28N4O/c1-4-15(3)24-20(26)18-8-6-7-17(13-18)14-23-21(22)25-19-11-9-16(5-2)10-12-19/h6-13,15H,4-5,14H2,1-3H3,(H,24,26)(H3,22,23,25). The van der Waals surface area contributed by atoms with E-state index in [1.54, 1.807) is 0 Å². The van der Waals surface area contributed by atoms with E-state index in [-0.39, 0.29) is 11.9 Å². The molecule has 0 radical (unpaired) electrons. The number of hydrogen-bond donors (Lipinski definition) is 3. The summed E-state index contributed by atoms with van der Waals surface area (Å²) in [7, 11) is 0. The van der Waals surface area contributed by atoms with Crippen LogP contribution in [0.2, 0.25) is 0 Å². The van der Waals surface area contributed by atoms with E-state index in [4.69, 9.17) is 5.73 Å². The number of benzene rings is 2. The summed E-state index contributed by atoms with van der Waals surface area (Å²) in [6, 6.07) is 15.7. The van der Waals surface area contributed by atoms with Gasteiger partial charge in [0.25, 0.3) is 5.91 Å². The first-order valence-corrected chi connectivity index (χ1v) is 9.07. The minimum absolute atomic E-state index is 0.0627. The van der Waals surface area contributed by atoms with Crippen molar-refractivity contribution in [2.24, 2.45) is 10.7 Å². The lowest BCUT2D eigenvalue weighted by Gasteiger charge is -2.11. The van der Waals surface area contributed by atoms with Crippen LogP contribution in [-0.4, -0.2) is 17.9 Å². The van der Waals surface area contributed by atoms with Gasteiger partial charge in [0.15, 0.2) is 5.96 Å². The molecule has 0 heterocycles. The molecule has 0 saturated carbocycles. The third kappa shape index (κ3) is 5.92. The molecule has 4 N–H and O–H groups in total. The predicted molar refractivity (Wildman–Crippen MR) is 108 cm³/mol. The van der Waals surface area contributed by atoms with Crippen molar-refractivity contribution in [3.63, 3.8) is 0 Å². The number of guanidine groups is 1. The molecular formula is C21H28N4O. The minimum atomic E-state index is -0.0627. The molecule has 0 aliphatic rings. The summed E-state index contributed by atoms with van der Waals surface area (Å²) in [5, 5.41) is 6.05. The van der Waals surface area contributed by atoms with Gasteiger partial charge in [-0.2, -0.15) is 0 Å². The SMILES string of the molecule is CCc1ccc(NC(N)=NCc2cccc(C(=O)NC(C)CC)c2)cc1. The molecule has 1 amide bonds. The van der Waals surface area contributed by atoms with Crippen LogP contribution in [0.3, 0.4) is 0 Å². The Bertz CT molecular complexity index is 753. The minimum Gasteiger partial charge on any atom is -0.370 e. The van der Waals surface area contributed by atoms with Crippen LogP contribution in [-0.2, 0) is 13.0 Å². The Labute approximate surface area is 155 Å². The van der Waals surface area contributed by atoms with Crippen LogP contribution in [0.25, 0.3) is 0 Å². The zero-order valence-corrected chi connectivity index (χ0v) is 15.8. The maximum atomic E-state index is 12.2. The van der Waals surface area contributed by atoms with Crippen molar-refractivity contribution in [3.05, 3.63) is 65.2 Å². The quantitative estimate of drug-likeness (QED) is 0.525. The molecule has 5 heteroatoms. The second kappa shape index (κ2) is 9.61. The zero-order chi connectivity index (χ0) is 18.9. The smallest absolute Gasteiger partial charge is 0.251 e. The highest BCUT2D eigenvalue weighted by atomic mass is 16.1. The van der Waals surface area contributed by atoms with Crippen LogP contribution < -0.4 is 16.4 Å². The van der Waals surface area contributed by atoms with Gasteiger partial charge in [-0.3, -0.25) is 4.79 Å². The molecule has 138 valence electrons. The summed E-state index contributed by atoms with van der Waals surface area (Å²) in [6.07, 6.45) is 1.90. The van der Waals surface area contributed by atoms with Crippen LogP contribution in [0.15, 0.2) is 53.5 Å². The summed E-state index contributed by atoms with van der Waals surface area (Å²) in [6.45, 7) is 6.57. The van der Waals surface area contributed by atoms with Gasteiger partial charge in [-0.15, -0.1) is 0 Å². The number of rotatable bonds is 7. The van der Waals surface area contributed by atoms with Crippen LogP contribution in [0.1, 0.15) is 48.7 Å². The fourth-order valence-corrected chi connectivity index (χ4v) is 2.41. The Morgan fingerprint density at radius 3 is 2.50 bits per heavy atom. The van der Waals surface area contributed by atoms with Crippen LogP contribution in [0.5, 0.6) is 0 Å². The summed E-state index contributed by atoms with van der Waals surface area (Å²) in [5.41, 5.74) is 9.73. The van der Waals surface area contributed by atoms with E-state index in [1.165, 1.54) is 5.56 Å². The van der Waals surface area contributed by atoms with E-state index in [9.17, 15) is 4.79 Å². The summed E-state index contributed by atoms with van der Waals surface area (Å²) >= 11 is 0. The van der Waals surface area contributed by atoms with Crippen LogP contribution >= 0.6 is 0 Å². The molecule has 0 fully saturated rings. The molecular weight excluding hydrogens is 324 g/mol. The zero-order valence-electron chi connectivity index (χ0n) is 15.8. The summed E-state index contributed by atoms with van der Waals surface area (Å²) in [5.74, 6) is 0.288. The number of aliphatic imine (C=N–C) groups is 1. The van der Waals surface area contributed by atoms with Crippen LogP contribution in [0, 0.1) is 0 Å². The maximum Gasteiger partial charge on any atom is 0.251 e. The fourth-order valence-electron chi connectivity index (χ4n) is 2.41. The predicted octanol–water partition coefficient (Wildman–Crippen LogP) is 3.70. The van der Waals surface area contributed by atoms with Gasteiger partial charge >= 0.3 is 0 Å². The number of amides is 1. The Morgan fingerprint density at radius 1 is 1.12 bits per heavy atom. The second-order valence-corrected chi connectivity index (χ2v) is 6.36. The first kappa shape index (κ1) is 19.5. The Morgan fingerprint density at radius 2 is 1.85 bits per heavy atom. The number of anilines is 1. The monoisotopic (exact) mass is 352 g/mol. The highest BCUT2D eigenvalue weighted by Crippen LogP contribution is 2.10. The van der Waals surface area contributed by atoms with E-state index >= 15 is 0 Å². The van der Waals surface area contributed by atoms with Crippen molar-refractivity contribution in [2.45, 2.75) is 46.2 Å². The average Bonchev–Trinajstić information content (AvgIpc) is 2.67. The number of carbonyl (C=O) groups excluding carboxylic acids is 1. The molecule has 0 aliphatic heterocycles. The van der Waals surface area contributed by atoms with Crippen molar-refractivity contribution in [2.75, 3.05) is 5.32 Å². The Balaban J connectivity index is 1.97. The Kier molecular flexibility index (Phi) is 7.21.